The van der Waals surface area contributed by atoms with E-state index < -0.39 is 0 Å². The first kappa shape index (κ1) is 18.3. The van der Waals surface area contributed by atoms with E-state index >= 15 is 0 Å². The second-order valence-electron chi connectivity index (χ2n) is 3.38. The molecular formula is C12H24O5. The lowest BCUT2D eigenvalue weighted by atomic mass is 10.4. The maximum atomic E-state index is 10.3. The molecule has 0 aromatic heterocycles. The summed E-state index contributed by atoms with van der Waals surface area (Å²) in [6, 6.07) is 0. The Kier molecular flexibility index (Phi) is 13.9. The molecule has 1 unspecified atom stereocenters. The van der Waals surface area contributed by atoms with Gasteiger partial charge in [-0.1, -0.05) is 20.3 Å². The second-order valence-corrected chi connectivity index (χ2v) is 3.38. The zero-order chi connectivity index (χ0) is 13.7. The van der Waals surface area contributed by atoms with Gasteiger partial charge in [0.25, 0.3) is 0 Å². The largest absolute Gasteiger partial charge is 0.466 e. The van der Waals surface area contributed by atoms with E-state index in [0.29, 0.717) is 13.0 Å². The number of carbonyl (C=O) groups excluding carboxylic acids is 2. The molecule has 0 bridgehead atoms. The maximum Gasteiger partial charge on any atom is 0.304 e. The quantitative estimate of drug-likeness (QED) is 0.410. The van der Waals surface area contributed by atoms with Crippen molar-refractivity contribution in [3.63, 3.8) is 0 Å². The molecule has 0 spiro atoms. The summed E-state index contributed by atoms with van der Waals surface area (Å²) >= 11 is 0. The van der Waals surface area contributed by atoms with E-state index in [0.717, 1.165) is 12.8 Å². The van der Waals surface area contributed by atoms with Gasteiger partial charge in [0.1, 0.15) is 0 Å². The van der Waals surface area contributed by atoms with Crippen LogP contribution >= 0.6 is 0 Å². The van der Waals surface area contributed by atoms with Crippen LogP contribution in [0.1, 0.15) is 47.0 Å². The molecule has 0 amide bonds. The van der Waals surface area contributed by atoms with Gasteiger partial charge in [0.15, 0.2) is 0 Å². The lowest BCUT2D eigenvalue weighted by molar-refractivity contribution is -0.171. The summed E-state index contributed by atoms with van der Waals surface area (Å²) in [4.78, 5) is 20.4. The highest BCUT2D eigenvalue weighted by Gasteiger charge is 2.05. The molecule has 102 valence electrons. The molecule has 0 saturated carbocycles. The van der Waals surface area contributed by atoms with Crippen LogP contribution in [0.2, 0.25) is 0 Å². The minimum Gasteiger partial charge on any atom is -0.466 e. The van der Waals surface area contributed by atoms with Gasteiger partial charge < -0.3 is 14.2 Å². The molecule has 5 nitrogen and oxygen atoms in total. The first-order valence-electron chi connectivity index (χ1n) is 5.81. The number of ether oxygens (including phenoxy) is 3. The highest BCUT2D eigenvalue weighted by molar-refractivity contribution is 5.66. The third-order valence-electron chi connectivity index (χ3n) is 1.70. The molecule has 0 N–H and O–H groups in total. The predicted octanol–water partition coefficient (Wildman–Crippen LogP) is 2.28. The summed E-state index contributed by atoms with van der Waals surface area (Å²) < 4.78 is 14.1. The van der Waals surface area contributed by atoms with Crippen molar-refractivity contribution in [1.82, 2.24) is 0 Å². The maximum absolute atomic E-state index is 10.3. The van der Waals surface area contributed by atoms with Crippen LogP contribution in [0, 0.1) is 0 Å². The van der Waals surface area contributed by atoms with Crippen molar-refractivity contribution in [3.05, 3.63) is 0 Å². The average Bonchev–Trinajstić information content (AvgIpc) is 2.26. The van der Waals surface area contributed by atoms with Gasteiger partial charge in [0.05, 0.1) is 6.61 Å². The van der Waals surface area contributed by atoms with Crippen molar-refractivity contribution in [2.24, 2.45) is 0 Å². The van der Waals surface area contributed by atoms with Gasteiger partial charge in [-0.25, -0.2) is 0 Å². The molecule has 0 aliphatic carbocycles. The third-order valence-corrected chi connectivity index (χ3v) is 1.70. The van der Waals surface area contributed by atoms with Gasteiger partial charge in [-0.05, 0) is 6.42 Å². The molecule has 5 heteroatoms. The summed E-state index contributed by atoms with van der Waals surface area (Å²) in [5.41, 5.74) is 0. The van der Waals surface area contributed by atoms with Gasteiger partial charge >= 0.3 is 11.9 Å². The number of unbranched alkanes of at least 4 members (excludes halogenated alkanes) is 1. The van der Waals surface area contributed by atoms with Gasteiger partial charge in [-0.3, -0.25) is 9.59 Å². The molecule has 1 atom stereocenters. The Morgan fingerprint density at radius 3 is 1.94 bits per heavy atom. The van der Waals surface area contributed by atoms with E-state index in [1.165, 1.54) is 21.0 Å². The van der Waals surface area contributed by atoms with Crippen molar-refractivity contribution in [2.75, 3.05) is 13.7 Å². The SMILES string of the molecule is CCC(OC)OC(C)=O.CCCCOC(C)=O. The minimum absolute atomic E-state index is 0.182. The van der Waals surface area contributed by atoms with Crippen molar-refractivity contribution in [3.8, 4) is 0 Å². The summed E-state index contributed by atoms with van der Waals surface area (Å²) in [6.07, 6.45) is 2.37. The van der Waals surface area contributed by atoms with Crippen molar-refractivity contribution >= 4 is 11.9 Å². The molecule has 0 heterocycles. The minimum atomic E-state index is -0.373. The fourth-order valence-corrected chi connectivity index (χ4v) is 0.843. The monoisotopic (exact) mass is 248 g/mol. The molecule has 0 aromatic rings. The van der Waals surface area contributed by atoms with Crippen LogP contribution in [0.15, 0.2) is 0 Å². The van der Waals surface area contributed by atoms with E-state index in [1.807, 2.05) is 6.92 Å². The number of methoxy groups -OCH3 is 1. The van der Waals surface area contributed by atoms with Crippen LogP contribution in [-0.4, -0.2) is 31.9 Å². The Balaban J connectivity index is 0. The van der Waals surface area contributed by atoms with E-state index in [2.05, 4.69) is 16.4 Å². The zero-order valence-electron chi connectivity index (χ0n) is 11.4. The molecule has 0 aliphatic rings. The lowest BCUT2D eigenvalue weighted by Gasteiger charge is -2.11. The Morgan fingerprint density at radius 2 is 1.71 bits per heavy atom. The normalized spacial score (nSPS) is 10.9. The summed E-state index contributed by atoms with van der Waals surface area (Å²) in [6.45, 7) is 7.31. The van der Waals surface area contributed by atoms with Crippen LogP contribution in [0.5, 0.6) is 0 Å². The zero-order valence-corrected chi connectivity index (χ0v) is 11.4. The van der Waals surface area contributed by atoms with E-state index in [1.54, 1.807) is 0 Å². The molecule has 0 rings (SSSR count). The summed E-state index contributed by atoms with van der Waals surface area (Å²) in [7, 11) is 1.51. The van der Waals surface area contributed by atoms with Gasteiger partial charge in [0.2, 0.25) is 6.29 Å². The van der Waals surface area contributed by atoms with Crippen LogP contribution in [0.4, 0.5) is 0 Å². The Labute approximate surface area is 103 Å². The summed E-state index contributed by atoms with van der Waals surface area (Å²) in [5.74, 6) is -0.484. The van der Waals surface area contributed by atoms with Crippen LogP contribution in [0.25, 0.3) is 0 Å². The number of rotatable bonds is 6. The van der Waals surface area contributed by atoms with Crippen molar-refractivity contribution < 1.29 is 23.8 Å². The van der Waals surface area contributed by atoms with Crippen LogP contribution in [-0.2, 0) is 23.8 Å². The molecule has 0 fully saturated rings. The van der Waals surface area contributed by atoms with Crippen molar-refractivity contribution in [2.45, 2.75) is 53.2 Å². The fraction of sp³-hybridized carbons (Fsp3) is 0.833. The fourth-order valence-electron chi connectivity index (χ4n) is 0.843. The van der Waals surface area contributed by atoms with E-state index in [9.17, 15) is 9.59 Å². The number of esters is 2. The Hall–Kier alpha value is -1.10. The molecule has 0 saturated heterocycles. The Morgan fingerprint density at radius 1 is 1.12 bits per heavy atom. The first-order chi connectivity index (χ1) is 7.97. The van der Waals surface area contributed by atoms with Gasteiger partial charge in [-0.15, -0.1) is 0 Å². The van der Waals surface area contributed by atoms with E-state index in [4.69, 9.17) is 4.74 Å². The van der Waals surface area contributed by atoms with Crippen LogP contribution in [0.3, 0.4) is 0 Å². The average molecular weight is 248 g/mol. The summed E-state index contributed by atoms with van der Waals surface area (Å²) in [5, 5.41) is 0. The lowest BCUT2D eigenvalue weighted by Crippen LogP contribution is -2.16. The molecule has 17 heavy (non-hydrogen) atoms. The predicted molar refractivity (Wildman–Crippen MR) is 64.4 cm³/mol. The number of hydrogen-bond acceptors (Lipinski definition) is 5. The molecule has 0 aliphatic heterocycles. The highest BCUT2D eigenvalue weighted by atomic mass is 16.7. The Bertz CT molecular complexity index is 199. The molecule has 0 aromatic carbocycles. The van der Waals surface area contributed by atoms with Gasteiger partial charge in [-0.2, -0.15) is 0 Å². The molecular weight excluding hydrogens is 224 g/mol. The number of carbonyl (C=O) groups is 2. The highest BCUT2D eigenvalue weighted by Crippen LogP contribution is 1.97. The smallest absolute Gasteiger partial charge is 0.304 e. The second kappa shape index (κ2) is 13.0. The first-order valence-corrected chi connectivity index (χ1v) is 5.81. The number of hydrogen-bond donors (Lipinski definition) is 0. The molecule has 0 radical (unpaired) electrons. The van der Waals surface area contributed by atoms with Gasteiger partial charge in [0, 0.05) is 27.4 Å². The van der Waals surface area contributed by atoms with E-state index in [-0.39, 0.29) is 18.2 Å². The van der Waals surface area contributed by atoms with Crippen molar-refractivity contribution in [1.29, 1.82) is 0 Å². The topological polar surface area (TPSA) is 61.8 Å². The third kappa shape index (κ3) is 17.5. The van der Waals surface area contributed by atoms with Crippen LogP contribution < -0.4 is 0 Å². The standard InChI is InChI=1S/C6H12O3.C6H12O2/c1-4-6(8-3)9-5(2)7;1-3-4-5-8-6(2)7/h6H,4H2,1-3H3;3-5H2,1-2H3.